The molecule has 140 valence electrons. The van der Waals surface area contributed by atoms with E-state index in [-0.39, 0.29) is 0 Å². The number of nitrogens with one attached hydrogen (secondary N) is 1. The van der Waals surface area contributed by atoms with Crippen molar-refractivity contribution in [3.63, 3.8) is 0 Å². The van der Waals surface area contributed by atoms with Crippen LogP contribution in [-0.2, 0) is 0 Å². The highest BCUT2D eigenvalue weighted by molar-refractivity contribution is 6.35. The normalized spacial score (nSPS) is 11.0. The molecular formula is C16H8ClF4N3O3. The van der Waals surface area contributed by atoms with Gasteiger partial charge in [-0.3, -0.25) is 9.36 Å². The standard InChI is InChI=1S/C16H8ClF4N3O3/c1-22-14-8(19)3-9(20)15(23-14)24-4-6(16(26)27)13(25)5-2-7(18)11(21)10(17)12(5)24/h2-4H,1H3,(H,22,23)(H,26,27). The molecule has 3 rings (SSSR count). The van der Waals surface area contributed by atoms with E-state index in [0.29, 0.717) is 22.9 Å². The van der Waals surface area contributed by atoms with E-state index in [0.717, 1.165) is 0 Å². The largest absolute Gasteiger partial charge is 0.477 e. The van der Waals surface area contributed by atoms with Gasteiger partial charge in [0.05, 0.1) is 10.9 Å². The van der Waals surface area contributed by atoms with Crippen molar-refractivity contribution >= 4 is 34.3 Å². The average Bonchev–Trinajstić information content (AvgIpc) is 2.61. The Morgan fingerprint density at radius 2 is 1.85 bits per heavy atom. The van der Waals surface area contributed by atoms with E-state index in [9.17, 15) is 32.3 Å². The lowest BCUT2D eigenvalue weighted by molar-refractivity contribution is 0.0695. The van der Waals surface area contributed by atoms with Gasteiger partial charge in [-0.1, -0.05) is 11.6 Å². The number of carboxylic acid groups (broad SMARTS) is 1. The van der Waals surface area contributed by atoms with Crippen LogP contribution in [0.4, 0.5) is 23.4 Å². The number of halogens is 5. The average molecular weight is 402 g/mol. The van der Waals surface area contributed by atoms with Crippen LogP contribution >= 0.6 is 11.6 Å². The van der Waals surface area contributed by atoms with Crippen LogP contribution in [0.5, 0.6) is 0 Å². The SMILES string of the molecule is CNc1nc(-n2cc(C(=O)O)c(=O)c3cc(F)c(F)c(Cl)c32)c(F)cc1F. The summed E-state index contributed by atoms with van der Waals surface area (Å²) in [5.74, 6) is -8.12. The molecule has 0 aliphatic carbocycles. The van der Waals surface area contributed by atoms with Gasteiger partial charge in [0.15, 0.2) is 34.9 Å². The molecule has 0 bridgehead atoms. The van der Waals surface area contributed by atoms with E-state index in [1.165, 1.54) is 7.05 Å². The first-order valence-electron chi connectivity index (χ1n) is 7.17. The smallest absolute Gasteiger partial charge is 0.341 e. The summed E-state index contributed by atoms with van der Waals surface area (Å²) in [6.07, 6.45) is 0.652. The molecule has 0 spiro atoms. The van der Waals surface area contributed by atoms with E-state index in [1.807, 2.05) is 0 Å². The molecule has 3 aromatic rings. The van der Waals surface area contributed by atoms with Crippen LogP contribution in [-0.4, -0.2) is 27.7 Å². The number of anilines is 1. The first-order valence-corrected chi connectivity index (χ1v) is 7.55. The summed E-state index contributed by atoms with van der Waals surface area (Å²) in [5.41, 5.74) is -2.56. The number of carboxylic acids is 1. The third-order valence-corrected chi connectivity index (χ3v) is 4.08. The minimum Gasteiger partial charge on any atom is -0.477 e. The maximum absolute atomic E-state index is 14.3. The van der Waals surface area contributed by atoms with Crippen molar-refractivity contribution < 1.29 is 27.5 Å². The highest BCUT2D eigenvalue weighted by Gasteiger charge is 2.24. The van der Waals surface area contributed by atoms with Crippen LogP contribution in [0, 0.1) is 23.3 Å². The minimum atomic E-state index is -1.70. The van der Waals surface area contributed by atoms with Gasteiger partial charge < -0.3 is 10.4 Å². The number of aromatic carboxylic acids is 1. The highest BCUT2D eigenvalue weighted by atomic mass is 35.5. The molecule has 2 heterocycles. The predicted molar refractivity (Wildman–Crippen MR) is 88.7 cm³/mol. The maximum Gasteiger partial charge on any atom is 0.341 e. The monoisotopic (exact) mass is 401 g/mol. The lowest BCUT2D eigenvalue weighted by atomic mass is 10.1. The number of rotatable bonds is 3. The van der Waals surface area contributed by atoms with Gasteiger partial charge in [0, 0.05) is 19.3 Å². The maximum atomic E-state index is 14.3. The molecule has 2 aromatic heterocycles. The van der Waals surface area contributed by atoms with Crippen molar-refractivity contribution in [3.05, 3.63) is 62.4 Å². The van der Waals surface area contributed by atoms with Crippen molar-refractivity contribution in [1.82, 2.24) is 9.55 Å². The second kappa shape index (κ2) is 6.54. The van der Waals surface area contributed by atoms with Gasteiger partial charge in [-0.15, -0.1) is 0 Å². The number of pyridine rings is 2. The molecule has 0 atom stereocenters. The summed E-state index contributed by atoms with van der Waals surface area (Å²) in [6.45, 7) is 0. The molecule has 27 heavy (non-hydrogen) atoms. The zero-order valence-electron chi connectivity index (χ0n) is 13.3. The molecule has 0 aliphatic rings. The summed E-state index contributed by atoms with van der Waals surface area (Å²) in [6, 6.07) is 0.897. The van der Waals surface area contributed by atoms with Gasteiger partial charge in [0.1, 0.15) is 10.6 Å². The number of fused-ring (bicyclic) bond motifs is 1. The number of hydrogen-bond donors (Lipinski definition) is 2. The molecule has 0 fully saturated rings. The van der Waals surface area contributed by atoms with Crippen molar-refractivity contribution in [2.24, 2.45) is 0 Å². The topological polar surface area (TPSA) is 84.2 Å². The van der Waals surface area contributed by atoms with Crippen LogP contribution in [0.2, 0.25) is 5.02 Å². The van der Waals surface area contributed by atoms with Crippen LogP contribution in [0.15, 0.2) is 23.1 Å². The Balaban J connectivity index is 2.57. The van der Waals surface area contributed by atoms with E-state index in [2.05, 4.69) is 10.3 Å². The quantitative estimate of drug-likeness (QED) is 0.519. The van der Waals surface area contributed by atoms with Crippen LogP contribution in [0.1, 0.15) is 10.4 Å². The summed E-state index contributed by atoms with van der Waals surface area (Å²) < 4.78 is 56.3. The second-order valence-electron chi connectivity index (χ2n) is 5.30. The molecule has 0 radical (unpaired) electrons. The Bertz CT molecular complexity index is 1180. The highest BCUT2D eigenvalue weighted by Crippen LogP contribution is 2.30. The third-order valence-electron chi connectivity index (χ3n) is 3.73. The first-order chi connectivity index (χ1) is 12.7. The Kier molecular flexibility index (Phi) is 4.52. The fourth-order valence-corrected chi connectivity index (χ4v) is 2.80. The van der Waals surface area contributed by atoms with Gasteiger partial charge in [-0.2, -0.15) is 0 Å². The zero-order chi connectivity index (χ0) is 20.0. The molecule has 6 nitrogen and oxygen atoms in total. The fraction of sp³-hybridized carbons (Fsp3) is 0.0625. The summed E-state index contributed by atoms with van der Waals surface area (Å²) in [4.78, 5) is 27.3. The Labute approximate surface area is 152 Å². The van der Waals surface area contributed by atoms with Crippen molar-refractivity contribution in [2.45, 2.75) is 0 Å². The van der Waals surface area contributed by atoms with Crippen molar-refractivity contribution in [1.29, 1.82) is 0 Å². The van der Waals surface area contributed by atoms with Crippen LogP contribution in [0.3, 0.4) is 0 Å². The number of carbonyl (C=O) groups is 1. The van der Waals surface area contributed by atoms with Crippen LogP contribution < -0.4 is 10.7 Å². The Morgan fingerprint density at radius 1 is 1.19 bits per heavy atom. The van der Waals surface area contributed by atoms with Gasteiger partial charge in [0.2, 0.25) is 5.43 Å². The van der Waals surface area contributed by atoms with Gasteiger partial charge in [-0.25, -0.2) is 27.3 Å². The molecular weight excluding hydrogens is 394 g/mol. The van der Waals surface area contributed by atoms with Crippen LogP contribution in [0.25, 0.3) is 16.7 Å². The van der Waals surface area contributed by atoms with E-state index < -0.39 is 67.8 Å². The number of aromatic nitrogens is 2. The van der Waals surface area contributed by atoms with Gasteiger partial charge in [-0.05, 0) is 6.07 Å². The second-order valence-corrected chi connectivity index (χ2v) is 5.68. The molecule has 0 aliphatic heterocycles. The Morgan fingerprint density at radius 3 is 2.44 bits per heavy atom. The zero-order valence-corrected chi connectivity index (χ0v) is 14.0. The molecule has 0 saturated heterocycles. The predicted octanol–water partition coefficient (Wildman–Crippen LogP) is 3.34. The van der Waals surface area contributed by atoms with Crippen molar-refractivity contribution in [2.75, 3.05) is 12.4 Å². The number of nitrogens with zero attached hydrogens (tertiary/aromatic N) is 2. The molecule has 0 saturated carbocycles. The van der Waals surface area contributed by atoms with Gasteiger partial charge in [0.25, 0.3) is 0 Å². The lowest BCUT2D eigenvalue weighted by Crippen LogP contribution is -2.20. The third kappa shape index (κ3) is 2.87. The Hall–Kier alpha value is -3.14. The lowest BCUT2D eigenvalue weighted by Gasteiger charge is -2.15. The molecule has 0 amide bonds. The van der Waals surface area contributed by atoms with E-state index in [4.69, 9.17) is 11.6 Å². The van der Waals surface area contributed by atoms with E-state index >= 15 is 0 Å². The fourth-order valence-electron chi connectivity index (χ4n) is 2.51. The van der Waals surface area contributed by atoms with Crippen molar-refractivity contribution in [3.8, 4) is 5.82 Å². The van der Waals surface area contributed by atoms with Gasteiger partial charge >= 0.3 is 5.97 Å². The summed E-state index contributed by atoms with van der Waals surface area (Å²) >= 11 is 5.79. The van der Waals surface area contributed by atoms with E-state index in [1.54, 1.807) is 0 Å². The summed E-state index contributed by atoms with van der Waals surface area (Å²) in [7, 11) is 1.29. The number of hydrogen-bond acceptors (Lipinski definition) is 4. The molecule has 2 N–H and O–H groups in total. The molecule has 11 heteroatoms. The molecule has 0 unspecified atom stereocenters. The number of benzene rings is 1. The minimum absolute atomic E-state index is 0.408. The summed E-state index contributed by atoms with van der Waals surface area (Å²) in [5, 5.41) is 10.0. The molecule has 1 aromatic carbocycles. The first kappa shape index (κ1) is 18.6.